The van der Waals surface area contributed by atoms with Gasteiger partial charge in [-0.15, -0.1) is 0 Å². The van der Waals surface area contributed by atoms with Gasteiger partial charge in [0.15, 0.2) is 9.84 Å². The molecule has 4 rings (SSSR count). The molecule has 36 heavy (non-hydrogen) atoms. The van der Waals surface area contributed by atoms with E-state index in [2.05, 4.69) is 10.3 Å². The summed E-state index contributed by atoms with van der Waals surface area (Å²) in [6.07, 6.45) is 4.28. The maximum atomic E-state index is 13.4. The highest BCUT2D eigenvalue weighted by Gasteiger charge is 2.20. The van der Waals surface area contributed by atoms with E-state index >= 15 is 0 Å². The number of aliphatic hydroxyl groups is 1. The van der Waals surface area contributed by atoms with E-state index in [0.717, 1.165) is 29.1 Å². The first-order chi connectivity index (χ1) is 17.3. The zero-order valence-corrected chi connectivity index (χ0v) is 21.1. The molecule has 0 saturated carbocycles. The second-order valence-electron chi connectivity index (χ2n) is 8.78. The van der Waals surface area contributed by atoms with Crippen molar-refractivity contribution in [2.75, 3.05) is 19.5 Å². The number of fused-ring (bicyclic) bond motifs is 1. The van der Waals surface area contributed by atoms with Crippen molar-refractivity contribution in [2.24, 2.45) is 0 Å². The average molecular weight is 509 g/mol. The fourth-order valence-electron chi connectivity index (χ4n) is 4.12. The number of para-hydroxylation sites is 1. The van der Waals surface area contributed by atoms with Crippen LogP contribution in [0.2, 0.25) is 0 Å². The zero-order valence-electron chi connectivity index (χ0n) is 20.3. The quantitative estimate of drug-likeness (QED) is 0.290. The van der Waals surface area contributed by atoms with E-state index in [-0.39, 0.29) is 18.8 Å². The Morgan fingerprint density at radius 3 is 2.61 bits per heavy atom. The fourth-order valence-corrected chi connectivity index (χ4v) is 4.79. The smallest absolute Gasteiger partial charge is 0.255 e. The van der Waals surface area contributed by atoms with Crippen molar-refractivity contribution in [2.45, 2.75) is 30.7 Å². The van der Waals surface area contributed by atoms with Crippen LogP contribution < -0.4 is 10.1 Å². The summed E-state index contributed by atoms with van der Waals surface area (Å²) in [5, 5.41) is 14.0. The van der Waals surface area contributed by atoms with E-state index in [0.29, 0.717) is 35.5 Å². The number of aliphatic hydroxyl groups excluding tert-OH is 1. The van der Waals surface area contributed by atoms with E-state index < -0.39 is 15.9 Å². The summed E-state index contributed by atoms with van der Waals surface area (Å²) in [5.74, 6) is 0.0577. The molecule has 7 nitrogen and oxygen atoms in total. The number of carbonyl (C=O) groups is 1. The molecule has 0 saturated heterocycles. The Morgan fingerprint density at radius 1 is 1.08 bits per heavy atom. The number of H-pyrrole nitrogens is 1. The van der Waals surface area contributed by atoms with Crippen LogP contribution in [-0.4, -0.2) is 49.9 Å². The highest BCUT2D eigenvalue weighted by Crippen LogP contribution is 2.29. The molecule has 0 fully saturated rings. The molecule has 1 amide bonds. The summed E-state index contributed by atoms with van der Waals surface area (Å²) in [6, 6.07) is 19.2. The first kappa shape index (κ1) is 25.5. The van der Waals surface area contributed by atoms with Crippen molar-refractivity contribution in [3.63, 3.8) is 0 Å². The van der Waals surface area contributed by atoms with Gasteiger partial charge in [-0.1, -0.05) is 43.3 Å². The molecule has 1 heterocycles. The lowest BCUT2D eigenvalue weighted by molar-refractivity contribution is 0.0912. The molecule has 0 spiro atoms. The van der Waals surface area contributed by atoms with E-state index in [9.17, 15) is 18.3 Å². The van der Waals surface area contributed by atoms with Crippen LogP contribution in [0, 0.1) is 0 Å². The molecule has 190 valence electrons. The van der Waals surface area contributed by atoms with Gasteiger partial charge in [-0.25, -0.2) is 8.42 Å². The van der Waals surface area contributed by atoms with Crippen LogP contribution in [0.5, 0.6) is 5.75 Å². The van der Waals surface area contributed by atoms with Gasteiger partial charge < -0.3 is 20.1 Å². The number of hydrogen-bond donors (Lipinski definition) is 3. The zero-order chi connectivity index (χ0) is 25.7. The molecule has 1 atom stereocenters. The van der Waals surface area contributed by atoms with Crippen molar-refractivity contribution < 1.29 is 24.5 Å². The number of amides is 1. The van der Waals surface area contributed by atoms with Gasteiger partial charge in [0, 0.05) is 24.8 Å². The Bertz CT molecular complexity index is 1480. The predicted octanol–water partition coefficient (Wildman–Crippen LogP) is 4.61. The maximum absolute atomic E-state index is 13.4. The Balaban J connectivity index is 0.00000380. The van der Waals surface area contributed by atoms with Gasteiger partial charge in [0.1, 0.15) is 5.75 Å². The summed E-state index contributed by atoms with van der Waals surface area (Å²) in [5.41, 5.74) is 3.68. The van der Waals surface area contributed by atoms with Gasteiger partial charge in [0.05, 0.1) is 29.7 Å². The molecule has 3 N–H and O–H groups in total. The van der Waals surface area contributed by atoms with Crippen LogP contribution in [0.1, 0.15) is 30.7 Å². The van der Waals surface area contributed by atoms with Crippen LogP contribution in [0.4, 0.5) is 0 Å². The molecule has 3 aromatic carbocycles. The van der Waals surface area contributed by atoms with Gasteiger partial charge >= 0.3 is 0 Å². The summed E-state index contributed by atoms with van der Waals surface area (Å²) in [7, 11) is -3.37. The summed E-state index contributed by atoms with van der Waals surface area (Å²) in [6.45, 7) is 2.20. The van der Waals surface area contributed by atoms with Crippen molar-refractivity contribution >= 4 is 26.6 Å². The summed E-state index contributed by atoms with van der Waals surface area (Å²) < 4.78 is 29.9. The Morgan fingerprint density at radius 2 is 1.86 bits per heavy atom. The lowest BCUT2D eigenvalue weighted by Crippen LogP contribution is -2.39. The van der Waals surface area contributed by atoms with Gasteiger partial charge in [-0.2, -0.15) is 0 Å². The fraction of sp³-hybridized carbons (Fsp3) is 0.250. The van der Waals surface area contributed by atoms with E-state index in [4.69, 9.17) is 4.74 Å². The Labute approximate surface area is 212 Å². The minimum absolute atomic E-state index is 0. The van der Waals surface area contributed by atoms with Crippen molar-refractivity contribution in [3.8, 4) is 16.9 Å². The predicted molar refractivity (Wildman–Crippen MR) is 143 cm³/mol. The lowest BCUT2D eigenvalue weighted by Gasteiger charge is -2.18. The molecular weight excluding hydrogens is 476 g/mol. The van der Waals surface area contributed by atoms with E-state index in [1.165, 1.54) is 0 Å². The Hall–Kier alpha value is -3.62. The number of benzene rings is 3. The van der Waals surface area contributed by atoms with Gasteiger partial charge in [0.2, 0.25) is 0 Å². The Kier molecular flexibility index (Phi) is 7.76. The first-order valence-electron chi connectivity index (χ1n) is 11.8. The molecular formula is C28H32N2O5S. The molecule has 0 bridgehead atoms. The molecule has 0 aliphatic carbocycles. The number of rotatable bonds is 10. The molecule has 0 aliphatic rings. The number of nitrogens with one attached hydrogen (secondary N) is 2. The van der Waals surface area contributed by atoms with Crippen LogP contribution in [0.25, 0.3) is 22.0 Å². The first-order valence-corrected chi connectivity index (χ1v) is 13.7. The minimum Gasteiger partial charge on any atom is -0.493 e. The second-order valence-corrected chi connectivity index (χ2v) is 10.8. The van der Waals surface area contributed by atoms with Gasteiger partial charge in [-0.3, -0.25) is 4.79 Å². The molecule has 4 aromatic rings. The number of ether oxygens (including phenoxy) is 1. The monoisotopic (exact) mass is 508 g/mol. The third-order valence-electron chi connectivity index (χ3n) is 5.98. The molecule has 0 radical (unpaired) electrons. The summed E-state index contributed by atoms with van der Waals surface area (Å²) >= 11 is 0. The SMILES string of the molecule is CCCOc1ccc(-c2cccc(S(C)(=O)=O)c2)cc1C(=O)N[C@H](CO)Cc1c[nH]c2ccccc12.[HH]. The van der Waals surface area contributed by atoms with Crippen molar-refractivity contribution in [1.29, 1.82) is 0 Å². The largest absolute Gasteiger partial charge is 0.493 e. The van der Waals surface area contributed by atoms with Crippen LogP contribution in [-0.2, 0) is 16.3 Å². The van der Waals surface area contributed by atoms with Crippen molar-refractivity contribution in [1.82, 2.24) is 10.3 Å². The molecule has 0 aliphatic heterocycles. The topological polar surface area (TPSA) is 108 Å². The van der Waals surface area contributed by atoms with E-state index in [1.807, 2.05) is 37.4 Å². The molecule has 0 unspecified atom stereocenters. The highest BCUT2D eigenvalue weighted by atomic mass is 32.2. The molecule has 1 aromatic heterocycles. The summed E-state index contributed by atoms with van der Waals surface area (Å²) in [4.78, 5) is 16.8. The number of carbonyl (C=O) groups excluding carboxylic acids is 1. The number of sulfone groups is 1. The van der Waals surface area contributed by atoms with Crippen LogP contribution >= 0.6 is 0 Å². The number of aromatic amines is 1. The normalized spacial score (nSPS) is 12.4. The van der Waals surface area contributed by atoms with Crippen LogP contribution in [0.3, 0.4) is 0 Å². The van der Waals surface area contributed by atoms with E-state index in [1.54, 1.807) is 42.5 Å². The number of aromatic nitrogens is 1. The standard InChI is InChI=1S/C28H30N2O5S.H2/c1-3-13-35-27-12-11-20(19-7-6-8-23(15-19)36(2,33)34)16-25(27)28(32)30-22(18-31)14-21-17-29-26-10-5-4-9-24(21)26;/h4-12,15-17,22,29,31H,3,13-14,18H2,1-2H3,(H,30,32);1H/t22-;/m0./s1. The lowest BCUT2D eigenvalue weighted by atomic mass is 10.0. The average Bonchev–Trinajstić information content (AvgIpc) is 3.29. The third kappa shape index (κ3) is 5.78. The molecule has 8 heteroatoms. The number of hydrogen-bond acceptors (Lipinski definition) is 5. The van der Waals surface area contributed by atoms with Gasteiger partial charge in [-0.05, 0) is 59.9 Å². The van der Waals surface area contributed by atoms with Crippen LogP contribution in [0.15, 0.2) is 77.8 Å². The third-order valence-corrected chi connectivity index (χ3v) is 7.09. The second kappa shape index (κ2) is 11.0. The highest BCUT2D eigenvalue weighted by molar-refractivity contribution is 7.90. The minimum atomic E-state index is -3.37. The van der Waals surface area contributed by atoms with Crippen molar-refractivity contribution in [3.05, 3.63) is 84.1 Å². The maximum Gasteiger partial charge on any atom is 0.255 e. The van der Waals surface area contributed by atoms with Gasteiger partial charge in [0.25, 0.3) is 5.91 Å².